The second-order valence-corrected chi connectivity index (χ2v) is 6.50. The Hall–Kier alpha value is -3.35. The van der Waals surface area contributed by atoms with Crippen LogP contribution in [-0.2, 0) is 14.4 Å². The second kappa shape index (κ2) is 9.55. The molecule has 0 aromatic heterocycles. The molecule has 1 unspecified atom stereocenters. The van der Waals surface area contributed by atoms with Crippen LogP contribution in [0.4, 0.5) is 5.69 Å². The average molecular weight is 384 g/mol. The molecule has 7 heteroatoms. The van der Waals surface area contributed by atoms with E-state index in [4.69, 9.17) is 9.84 Å². The predicted octanol–water partition coefficient (Wildman–Crippen LogP) is 2.69. The highest BCUT2D eigenvalue weighted by Gasteiger charge is 2.20. The first-order valence-corrected chi connectivity index (χ1v) is 8.81. The van der Waals surface area contributed by atoms with E-state index >= 15 is 0 Å². The minimum Gasteiger partial charge on any atom is -0.482 e. The summed E-state index contributed by atoms with van der Waals surface area (Å²) in [4.78, 5) is 36.3. The number of rotatable bonds is 8. The minimum absolute atomic E-state index is 0.108. The van der Waals surface area contributed by atoms with Gasteiger partial charge in [-0.1, -0.05) is 29.8 Å². The average Bonchev–Trinajstić information content (AvgIpc) is 2.66. The molecule has 148 valence electrons. The molecule has 2 rings (SSSR count). The normalized spacial score (nSPS) is 11.4. The standard InChI is InChI=1S/C21H24N2O5/c1-14-4-6-16(7-5-14)19(22-15(2)24)12-20(25)23(3)17-8-10-18(11-9-17)28-13-21(26)27/h4-11,19H,12-13H2,1-3H3,(H,22,24)(H,26,27). The van der Waals surface area contributed by atoms with Crippen molar-refractivity contribution in [1.82, 2.24) is 5.32 Å². The maximum Gasteiger partial charge on any atom is 0.341 e. The Labute approximate surface area is 163 Å². The third-order valence-corrected chi connectivity index (χ3v) is 4.20. The van der Waals surface area contributed by atoms with E-state index in [1.807, 2.05) is 31.2 Å². The molecule has 2 aromatic carbocycles. The first kappa shape index (κ1) is 21.0. The Bertz CT molecular complexity index is 831. The fourth-order valence-electron chi connectivity index (χ4n) is 2.66. The van der Waals surface area contributed by atoms with Gasteiger partial charge < -0.3 is 20.1 Å². The van der Waals surface area contributed by atoms with E-state index in [-0.39, 0.29) is 18.2 Å². The lowest BCUT2D eigenvalue weighted by molar-refractivity contribution is -0.139. The van der Waals surface area contributed by atoms with Gasteiger partial charge in [-0.15, -0.1) is 0 Å². The summed E-state index contributed by atoms with van der Waals surface area (Å²) in [6.45, 7) is 2.97. The van der Waals surface area contributed by atoms with Gasteiger partial charge >= 0.3 is 5.97 Å². The van der Waals surface area contributed by atoms with Crippen LogP contribution >= 0.6 is 0 Å². The number of carboxylic acids is 1. The number of aliphatic carboxylic acids is 1. The van der Waals surface area contributed by atoms with Gasteiger partial charge in [-0.05, 0) is 36.8 Å². The van der Waals surface area contributed by atoms with E-state index in [2.05, 4.69) is 5.32 Å². The second-order valence-electron chi connectivity index (χ2n) is 6.50. The van der Waals surface area contributed by atoms with Crippen molar-refractivity contribution < 1.29 is 24.2 Å². The summed E-state index contributed by atoms with van der Waals surface area (Å²) in [5.41, 5.74) is 2.59. The molecular formula is C21H24N2O5. The van der Waals surface area contributed by atoms with Crippen molar-refractivity contribution in [2.45, 2.75) is 26.3 Å². The summed E-state index contributed by atoms with van der Waals surface area (Å²) in [6, 6.07) is 13.8. The van der Waals surface area contributed by atoms with Crippen LogP contribution in [0, 0.1) is 6.92 Å². The summed E-state index contributed by atoms with van der Waals surface area (Å²) < 4.78 is 5.09. The summed E-state index contributed by atoms with van der Waals surface area (Å²) >= 11 is 0. The Morgan fingerprint density at radius 1 is 1.07 bits per heavy atom. The van der Waals surface area contributed by atoms with Crippen LogP contribution in [-0.4, -0.2) is 36.5 Å². The fraction of sp³-hybridized carbons (Fsp3) is 0.286. The van der Waals surface area contributed by atoms with E-state index < -0.39 is 18.6 Å². The quantitative estimate of drug-likeness (QED) is 0.730. The number of hydrogen-bond donors (Lipinski definition) is 2. The van der Waals surface area contributed by atoms with Gasteiger partial charge in [0.15, 0.2) is 6.61 Å². The van der Waals surface area contributed by atoms with Gasteiger partial charge in [0.2, 0.25) is 11.8 Å². The van der Waals surface area contributed by atoms with Crippen molar-refractivity contribution in [1.29, 1.82) is 0 Å². The van der Waals surface area contributed by atoms with Crippen LogP contribution < -0.4 is 15.0 Å². The molecule has 0 aliphatic carbocycles. The summed E-state index contributed by atoms with van der Waals surface area (Å²) in [5, 5.41) is 11.5. The summed E-state index contributed by atoms with van der Waals surface area (Å²) in [7, 11) is 1.65. The number of hydrogen-bond acceptors (Lipinski definition) is 4. The molecule has 0 saturated carbocycles. The zero-order valence-corrected chi connectivity index (χ0v) is 16.1. The highest BCUT2D eigenvalue weighted by molar-refractivity contribution is 5.93. The zero-order valence-electron chi connectivity index (χ0n) is 16.1. The van der Waals surface area contributed by atoms with Crippen molar-refractivity contribution >= 4 is 23.5 Å². The van der Waals surface area contributed by atoms with Gasteiger partial charge in [0, 0.05) is 19.7 Å². The number of aryl methyl sites for hydroxylation is 1. The molecule has 28 heavy (non-hydrogen) atoms. The molecule has 7 nitrogen and oxygen atoms in total. The highest BCUT2D eigenvalue weighted by Crippen LogP contribution is 2.23. The molecule has 0 bridgehead atoms. The molecule has 0 fully saturated rings. The molecule has 0 saturated heterocycles. The number of carboxylic acid groups (broad SMARTS) is 1. The molecule has 0 aliphatic rings. The largest absolute Gasteiger partial charge is 0.482 e. The van der Waals surface area contributed by atoms with Gasteiger partial charge in [0.25, 0.3) is 0 Å². The number of amides is 2. The number of nitrogens with one attached hydrogen (secondary N) is 1. The lowest BCUT2D eigenvalue weighted by atomic mass is 10.0. The first-order valence-electron chi connectivity index (χ1n) is 8.81. The predicted molar refractivity (Wildman–Crippen MR) is 105 cm³/mol. The third-order valence-electron chi connectivity index (χ3n) is 4.20. The fourth-order valence-corrected chi connectivity index (χ4v) is 2.66. The number of carbonyl (C=O) groups excluding carboxylic acids is 2. The molecule has 2 amide bonds. The summed E-state index contributed by atoms with van der Waals surface area (Å²) in [6.07, 6.45) is 0.108. The van der Waals surface area contributed by atoms with Gasteiger partial charge in [0.1, 0.15) is 5.75 Å². The highest BCUT2D eigenvalue weighted by atomic mass is 16.5. The van der Waals surface area contributed by atoms with Crippen LogP contribution in [0.1, 0.15) is 30.5 Å². The van der Waals surface area contributed by atoms with Crippen LogP contribution in [0.3, 0.4) is 0 Å². The minimum atomic E-state index is -1.06. The van der Waals surface area contributed by atoms with Crippen molar-refractivity contribution in [2.24, 2.45) is 0 Å². The maximum atomic E-state index is 12.7. The lowest BCUT2D eigenvalue weighted by Crippen LogP contribution is -2.33. The number of nitrogens with zero attached hydrogens (tertiary/aromatic N) is 1. The molecular weight excluding hydrogens is 360 g/mol. The summed E-state index contributed by atoms with van der Waals surface area (Å²) in [5.74, 6) is -1.03. The molecule has 0 aliphatic heterocycles. The first-order chi connectivity index (χ1) is 13.3. The van der Waals surface area contributed by atoms with Gasteiger partial charge in [-0.2, -0.15) is 0 Å². The van der Waals surface area contributed by atoms with E-state index in [1.54, 1.807) is 31.3 Å². The van der Waals surface area contributed by atoms with E-state index in [0.717, 1.165) is 11.1 Å². The number of benzene rings is 2. The van der Waals surface area contributed by atoms with E-state index in [1.165, 1.54) is 11.8 Å². The van der Waals surface area contributed by atoms with E-state index in [0.29, 0.717) is 11.4 Å². The van der Waals surface area contributed by atoms with Crippen molar-refractivity contribution in [3.8, 4) is 5.75 Å². The zero-order chi connectivity index (χ0) is 20.7. The maximum absolute atomic E-state index is 12.7. The van der Waals surface area contributed by atoms with E-state index in [9.17, 15) is 14.4 Å². The molecule has 0 heterocycles. The smallest absolute Gasteiger partial charge is 0.341 e. The molecule has 0 spiro atoms. The van der Waals surface area contributed by atoms with Crippen LogP contribution in [0.25, 0.3) is 0 Å². The molecule has 1 atom stereocenters. The Morgan fingerprint density at radius 3 is 2.21 bits per heavy atom. The Balaban J connectivity index is 2.08. The van der Waals surface area contributed by atoms with Crippen LogP contribution in [0.5, 0.6) is 5.75 Å². The lowest BCUT2D eigenvalue weighted by Gasteiger charge is -2.23. The number of anilines is 1. The van der Waals surface area contributed by atoms with Gasteiger partial charge in [-0.3, -0.25) is 9.59 Å². The van der Waals surface area contributed by atoms with Crippen LogP contribution in [0.15, 0.2) is 48.5 Å². The molecule has 0 radical (unpaired) electrons. The third kappa shape index (κ3) is 6.12. The Morgan fingerprint density at radius 2 is 1.68 bits per heavy atom. The van der Waals surface area contributed by atoms with Gasteiger partial charge in [0.05, 0.1) is 12.5 Å². The number of carbonyl (C=O) groups is 3. The van der Waals surface area contributed by atoms with Crippen molar-refractivity contribution in [3.05, 3.63) is 59.7 Å². The van der Waals surface area contributed by atoms with Gasteiger partial charge in [-0.25, -0.2) is 4.79 Å². The van der Waals surface area contributed by atoms with Crippen molar-refractivity contribution in [3.63, 3.8) is 0 Å². The monoisotopic (exact) mass is 384 g/mol. The SMILES string of the molecule is CC(=O)NC(CC(=O)N(C)c1ccc(OCC(=O)O)cc1)c1ccc(C)cc1. The Kier molecular flexibility index (Phi) is 7.14. The molecule has 2 aromatic rings. The van der Waals surface area contributed by atoms with Crippen molar-refractivity contribution in [2.75, 3.05) is 18.6 Å². The topological polar surface area (TPSA) is 95.9 Å². The molecule has 2 N–H and O–H groups in total. The number of ether oxygens (including phenoxy) is 1. The van der Waals surface area contributed by atoms with Crippen LogP contribution in [0.2, 0.25) is 0 Å².